The van der Waals surface area contributed by atoms with E-state index in [1.165, 1.54) is 0 Å². The fraction of sp³-hybridized carbons (Fsp3) is 0.462. The van der Waals surface area contributed by atoms with Crippen molar-refractivity contribution < 1.29 is 9.53 Å². The second-order valence-electron chi connectivity index (χ2n) is 4.35. The van der Waals surface area contributed by atoms with Gasteiger partial charge in [-0.2, -0.15) is 0 Å². The van der Waals surface area contributed by atoms with Crippen molar-refractivity contribution in [3.05, 3.63) is 29.8 Å². The number of hydrogen-bond acceptors (Lipinski definition) is 3. The molecule has 1 atom stereocenters. The molecule has 0 aliphatic carbocycles. The Labute approximate surface area is 102 Å². The minimum absolute atomic E-state index is 0.131. The predicted molar refractivity (Wildman–Crippen MR) is 67.6 cm³/mol. The summed E-state index contributed by atoms with van der Waals surface area (Å²) in [4.78, 5) is 11.1. The van der Waals surface area contributed by atoms with Gasteiger partial charge in [-0.25, -0.2) is 0 Å². The largest absolute Gasteiger partial charge is 0.491 e. The van der Waals surface area contributed by atoms with Crippen LogP contribution in [0.4, 0.5) is 0 Å². The van der Waals surface area contributed by atoms with Gasteiger partial charge in [-0.15, -0.1) is 0 Å². The molecule has 0 radical (unpaired) electrons. The van der Waals surface area contributed by atoms with Gasteiger partial charge in [0.2, 0.25) is 5.91 Å². The normalized spacial score (nSPS) is 12.5. The summed E-state index contributed by atoms with van der Waals surface area (Å²) in [5.74, 6) is 0.129. The maximum Gasteiger partial charge on any atom is 0.222 e. The Kier molecular flexibility index (Phi) is 4.97. The first-order chi connectivity index (χ1) is 8.02. The molecule has 0 saturated carbocycles. The monoisotopic (exact) mass is 236 g/mol. The molecule has 0 fully saturated rings. The van der Waals surface area contributed by atoms with E-state index < -0.39 is 0 Å². The van der Waals surface area contributed by atoms with Crippen molar-refractivity contribution in [1.29, 1.82) is 0 Å². The lowest BCUT2D eigenvalue weighted by Crippen LogP contribution is -2.31. The highest BCUT2D eigenvalue weighted by molar-refractivity contribution is 5.77. The first kappa shape index (κ1) is 13.5. The van der Waals surface area contributed by atoms with E-state index >= 15 is 0 Å². The van der Waals surface area contributed by atoms with Gasteiger partial charge in [-0.3, -0.25) is 4.79 Å². The Bertz CT molecular complexity index is 377. The van der Waals surface area contributed by atoms with Crippen LogP contribution in [-0.2, 0) is 11.2 Å². The summed E-state index contributed by atoms with van der Waals surface area (Å²) in [7, 11) is 0. The molecule has 1 rings (SSSR count). The molecule has 94 valence electrons. The lowest BCUT2D eigenvalue weighted by Gasteiger charge is -2.13. The zero-order chi connectivity index (χ0) is 12.8. The number of nitrogens with two attached hydrogens (primary N) is 2. The fourth-order valence-corrected chi connectivity index (χ4v) is 1.60. The van der Waals surface area contributed by atoms with Crippen LogP contribution < -0.4 is 16.2 Å². The number of benzene rings is 1. The number of amides is 1. The van der Waals surface area contributed by atoms with Gasteiger partial charge >= 0.3 is 0 Å². The summed E-state index contributed by atoms with van der Waals surface area (Å²) >= 11 is 0. The van der Waals surface area contributed by atoms with E-state index in [0.29, 0.717) is 6.42 Å². The number of carbonyl (C=O) groups is 1. The maximum absolute atomic E-state index is 11.1. The van der Waals surface area contributed by atoms with Gasteiger partial charge in [0.15, 0.2) is 0 Å². The molecule has 0 aliphatic rings. The summed E-state index contributed by atoms with van der Waals surface area (Å²) in [6.07, 6.45) is 0.688. The third-order valence-corrected chi connectivity index (χ3v) is 2.44. The zero-order valence-electron chi connectivity index (χ0n) is 10.3. The van der Waals surface area contributed by atoms with Gasteiger partial charge in [0.25, 0.3) is 0 Å². The third-order valence-electron chi connectivity index (χ3n) is 2.44. The highest BCUT2D eigenvalue weighted by atomic mass is 16.5. The molecule has 1 aromatic carbocycles. The van der Waals surface area contributed by atoms with Crippen LogP contribution in [0.25, 0.3) is 0 Å². The molecule has 4 N–H and O–H groups in total. The van der Waals surface area contributed by atoms with Crippen LogP contribution in [0.3, 0.4) is 0 Å². The van der Waals surface area contributed by atoms with E-state index in [2.05, 4.69) is 0 Å². The molecule has 4 heteroatoms. The number of hydrogen-bond donors (Lipinski definition) is 2. The van der Waals surface area contributed by atoms with Gasteiger partial charge in [-0.05, 0) is 38.0 Å². The summed E-state index contributed by atoms with van der Waals surface area (Å²) in [5.41, 5.74) is 11.8. The third kappa shape index (κ3) is 4.44. The summed E-state index contributed by atoms with van der Waals surface area (Å²) in [6.45, 7) is 4.21. The van der Waals surface area contributed by atoms with E-state index in [1.807, 2.05) is 38.1 Å². The van der Waals surface area contributed by atoms with Crippen molar-refractivity contribution in [1.82, 2.24) is 0 Å². The first-order valence-electron chi connectivity index (χ1n) is 5.78. The molecule has 0 bridgehead atoms. The van der Waals surface area contributed by atoms with E-state index in [0.717, 1.165) is 11.3 Å². The number of carbonyl (C=O) groups excluding carboxylic acids is 1. The van der Waals surface area contributed by atoms with Gasteiger partial charge in [0.1, 0.15) is 5.75 Å². The van der Waals surface area contributed by atoms with Crippen molar-refractivity contribution in [3.8, 4) is 5.75 Å². The average Bonchev–Trinajstić information content (AvgIpc) is 2.25. The van der Waals surface area contributed by atoms with Crippen LogP contribution in [-0.4, -0.2) is 18.6 Å². The molecule has 17 heavy (non-hydrogen) atoms. The summed E-state index contributed by atoms with van der Waals surface area (Å²) < 4.78 is 5.58. The van der Waals surface area contributed by atoms with Crippen LogP contribution >= 0.6 is 0 Å². The van der Waals surface area contributed by atoms with Gasteiger partial charge in [0, 0.05) is 6.54 Å². The highest BCUT2D eigenvalue weighted by Crippen LogP contribution is 2.17. The zero-order valence-corrected chi connectivity index (χ0v) is 10.3. The average molecular weight is 236 g/mol. The Morgan fingerprint density at radius 3 is 2.65 bits per heavy atom. The molecule has 1 aromatic rings. The quantitative estimate of drug-likeness (QED) is 0.775. The molecule has 0 spiro atoms. The maximum atomic E-state index is 11.1. The van der Waals surface area contributed by atoms with E-state index in [9.17, 15) is 4.79 Å². The second-order valence-corrected chi connectivity index (χ2v) is 4.35. The molecule has 1 unspecified atom stereocenters. The molecule has 4 nitrogen and oxygen atoms in total. The van der Waals surface area contributed by atoms with Crippen molar-refractivity contribution in [2.75, 3.05) is 6.54 Å². The SMILES string of the molecule is CC(C)Oc1cccc(CC(CN)C(N)=O)c1. The smallest absolute Gasteiger partial charge is 0.222 e. The van der Waals surface area contributed by atoms with Crippen molar-refractivity contribution in [2.24, 2.45) is 17.4 Å². The fourth-order valence-electron chi connectivity index (χ4n) is 1.60. The summed E-state index contributed by atoms with van der Waals surface area (Å²) in [5, 5.41) is 0. The Balaban J connectivity index is 2.74. The molecule has 0 saturated heterocycles. The Hall–Kier alpha value is -1.55. The highest BCUT2D eigenvalue weighted by Gasteiger charge is 2.14. The van der Waals surface area contributed by atoms with E-state index in [4.69, 9.17) is 16.2 Å². The minimum Gasteiger partial charge on any atom is -0.491 e. The van der Waals surface area contributed by atoms with Crippen molar-refractivity contribution in [3.63, 3.8) is 0 Å². The lowest BCUT2D eigenvalue weighted by molar-refractivity contribution is -0.121. The Morgan fingerprint density at radius 1 is 1.41 bits per heavy atom. The molecular formula is C13H20N2O2. The van der Waals surface area contributed by atoms with Crippen LogP contribution in [0.5, 0.6) is 5.75 Å². The predicted octanol–water partition coefficient (Wildman–Crippen LogP) is 1.08. The van der Waals surface area contributed by atoms with Crippen LogP contribution in [0.1, 0.15) is 19.4 Å². The number of rotatable bonds is 6. The number of ether oxygens (including phenoxy) is 1. The molecule has 0 aliphatic heterocycles. The molecule has 0 heterocycles. The Morgan fingerprint density at radius 2 is 2.12 bits per heavy atom. The topological polar surface area (TPSA) is 78.3 Å². The molecule has 0 aromatic heterocycles. The first-order valence-corrected chi connectivity index (χ1v) is 5.78. The second kappa shape index (κ2) is 6.25. The van der Waals surface area contributed by atoms with Gasteiger partial charge < -0.3 is 16.2 Å². The number of primary amides is 1. The lowest BCUT2D eigenvalue weighted by atomic mass is 9.99. The van der Waals surface area contributed by atoms with Crippen LogP contribution in [0.2, 0.25) is 0 Å². The standard InChI is InChI=1S/C13H20N2O2/c1-9(2)17-12-5-3-4-10(7-12)6-11(8-14)13(15)16/h3-5,7,9,11H,6,8,14H2,1-2H3,(H2,15,16). The van der Waals surface area contributed by atoms with Crippen molar-refractivity contribution >= 4 is 5.91 Å². The van der Waals surface area contributed by atoms with Crippen LogP contribution in [0.15, 0.2) is 24.3 Å². The van der Waals surface area contributed by atoms with Crippen molar-refractivity contribution in [2.45, 2.75) is 26.4 Å². The van der Waals surface area contributed by atoms with Gasteiger partial charge in [0.05, 0.1) is 12.0 Å². The molecular weight excluding hydrogens is 216 g/mol. The van der Waals surface area contributed by atoms with E-state index in [-0.39, 0.29) is 24.5 Å². The summed E-state index contributed by atoms with van der Waals surface area (Å²) in [6, 6.07) is 7.66. The van der Waals surface area contributed by atoms with E-state index in [1.54, 1.807) is 0 Å². The van der Waals surface area contributed by atoms with Gasteiger partial charge in [-0.1, -0.05) is 12.1 Å². The van der Waals surface area contributed by atoms with Crippen LogP contribution in [0, 0.1) is 5.92 Å². The molecule has 1 amide bonds. The minimum atomic E-state index is -0.359.